The van der Waals surface area contributed by atoms with Gasteiger partial charge < -0.3 is 10.2 Å². The molecule has 0 aliphatic heterocycles. The van der Waals surface area contributed by atoms with Crippen LogP contribution in [0.3, 0.4) is 0 Å². The summed E-state index contributed by atoms with van der Waals surface area (Å²) in [5.74, 6) is -0.653. The van der Waals surface area contributed by atoms with E-state index in [1.165, 1.54) is 12.3 Å². The molecule has 7 heteroatoms. The summed E-state index contributed by atoms with van der Waals surface area (Å²) in [6.45, 7) is 0. The average Bonchev–Trinajstić information content (AvgIpc) is 2.72. The number of rotatable bonds is 5. The van der Waals surface area contributed by atoms with Gasteiger partial charge in [0.05, 0.1) is 10.7 Å². The second kappa shape index (κ2) is 8.68. The van der Waals surface area contributed by atoms with Crippen molar-refractivity contribution >= 4 is 44.0 Å². The van der Waals surface area contributed by atoms with E-state index in [1.54, 1.807) is 54.6 Å². The summed E-state index contributed by atoms with van der Waals surface area (Å²) in [4.78, 5) is 12.9. The highest BCUT2D eigenvalue weighted by Gasteiger charge is 2.39. The number of benzene rings is 3. The van der Waals surface area contributed by atoms with Crippen LogP contribution in [0, 0.1) is 0 Å². The molecule has 142 valence electrons. The second-order valence-electron chi connectivity index (χ2n) is 5.97. The Morgan fingerprint density at radius 2 is 1.46 bits per heavy atom. The summed E-state index contributed by atoms with van der Waals surface area (Å²) in [6, 6.07) is 20.5. The number of hydrogen-bond donors (Lipinski definition) is 3. The lowest BCUT2D eigenvalue weighted by molar-refractivity contribution is -0.136. The van der Waals surface area contributed by atoms with Gasteiger partial charge in [-0.25, -0.2) is 5.43 Å². The van der Waals surface area contributed by atoms with Crippen LogP contribution in [-0.4, -0.2) is 22.3 Å². The van der Waals surface area contributed by atoms with E-state index < -0.39 is 11.5 Å². The summed E-state index contributed by atoms with van der Waals surface area (Å²) in [7, 11) is 0. The molecule has 0 fully saturated rings. The SMILES string of the molecule is O=C(N/N=C\c1cc(O)c(Br)cc1Br)C(O)(c1ccccc1)c1ccccc1. The van der Waals surface area contributed by atoms with Crippen LogP contribution in [0.1, 0.15) is 16.7 Å². The first-order valence-electron chi connectivity index (χ1n) is 8.28. The van der Waals surface area contributed by atoms with E-state index in [9.17, 15) is 15.0 Å². The lowest BCUT2D eigenvalue weighted by Gasteiger charge is -2.27. The van der Waals surface area contributed by atoms with Crippen molar-refractivity contribution in [3.63, 3.8) is 0 Å². The van der Waals surface area contributed by atoms with Gasteiger partial charge >= 0.3 is 0 Å². The zero-order chi connectivity index (χ0) is 20.1. The fourth-order valence-electron chi connectivity index (χ4n) is 2.68. The minimum Gasteiger partial charge on any atom is -0.507 e. The maximum Gasteiger partial charge on any atom is 0.281 e. The van der Waals surface area contributed by atoms with Crippen molar-refractivity contribution in [2.45, 2.75) is 5.60 Å². The molecule has 3 N–H and O–H groups in total. The molecule has 0 spiro atoms. The number of phenolic OH excluding ortho intramolecular Hbond substituents is 1. The topological polar surface area (TPSA) is 81.9 Å². The highest BCUT2D eigenvalue weighted by Crippen LogP contribution is 2.31. The van der Waals surface area contributed by atoms with Gasteiger partial charge in [-0.05, 0) is 39.2 Å². The smallest absolute Gasteiger partial charge is 0.281 e. The first kappa shape index (κ1) is 20.3. The summed E-state index contributed by atoms with van der Waals surface area (Å²) in [6.07, 6.45) is 1.38. The van der Waals surface area contributed by atoms with Crippen LogP contribution in [0.4, 0.5) is 0 Å². The number of nitrogens with zero attached hydrogens (tertiary/aromatic N) is 1. The normalized spacial score (nSPS) is 11.5. The molecule has 3 aromatic carbocycles. The van der Waals surface area contributed by atoms with E-state index in [-0.39, 0.29) is 5.75 Å². The third kappa shape index (κ3) is 4.16. The maximum absolute atomic E-state index is 12.9. The van der Waals surface area contributed by atoms with Crippen molar-refractivity contribution in [1.29, 1.82) is 0 Å². The van der Waals surface area contributed by atoms with Crippen LogP contribution in [0.15, 0.2) is 86.8 Å². The van der Waals surface area contributed by atoms with E-state index in [0.717, 1.165) is 0 Å². The number of carbonyl (C=O) groups excluding carboxylic acids is 1. The lowest BCUT2D eigenvalue weighted by atomic mass is 9.85. The molecule has 3 rings (SSSR count). The van der Waals surface area contributed by atoms with E-state index in [0.29, 0.717) is 25.6 Å². The monoisotopic (exact) mass is 502 g/mol. The predicted molar refractivity (Wildman–Crippen MR) is 115 cm³/mol. The number of halogens is 2. The Hall–Kier alpha value is -2.48. The number of hydrazone groups is 1. The van der Waals surface area contributed by atoms with Gasteiger partial charge in [-0.3, -0.25) is 4.79 Å². The first-order valence-corrected chi connectivity index (χ1v) is 9.86. The second-order valence-corrected chi connectivity index (χ2v) is 7.68. The van der Waals surface area contributed by atoms with Crippen molar-refractivity contribution in [2.24, 2.45) is 5.10 Å². The van der Waals surface area contributed by atoms with E-state index in [4.69, 9.17) is 0 Å². The average molecular weight is 504 g/mol. The molecular weight excluding hydrogens is 488 g/mol. The van der Waals surface area contributed by atoms with Crippen LogP contribution in [0.5, 0.6) is 5.75 Å². The molecule has 0 bridgehead atoms. The Morgan fingerprint density at radius 3 is 2.00 bits per heavy atom. The molecule has 0 aliphatic carbocycles. The van der Waals surface area contributed by atoms with E-state index in [1.807, 2.05) is 12.1 Å². The Kier molecular flexibility index (Phi) is 6.28. The van der Waals surface area contributed by atoms with Crippen molar-refractivity contribution in [2.75, 3.05) is 0 Å². The Morgan fingerprint density at radius 1 is 0.929 bits per heavy atom. The van der Waals surface area contributed by atoms with Crippen LogP contribution in [-0.2, 0) is 10.4 Å². The molecule has 0 aliphatic rings. The number of aliphatic hydroxyl groups is 1. The molecule has 0 unspecified atom stereocenters. The Bertz CT molecular complexity index is 969. The number of hydrogen-bond acceptors (Lipinski definition) is 4. The molecule has 5 nitrogen and oxygen atoms in total. The summed E-state index contributed by atoms with van der Waals surface area (Å²) < 4.78 is 1.21. The largest absolute Gasteiger partial charge is 0.507 e. The zero-order valence-corrected chi connectivity index (χ0v) is 17.7. The fraction of sp³-hybridized carbons (Fsp3) is 0.0476. The van der Waals surface area contributed by atoms with Gasteiger partial charge in [-0.1, -0.05) is 76.6 Å². The van der Waals surface area contributed by atoms with Gasteiger partial charge in [0.2, 0.25) is 0 Å². The molecule has 0 radical (unpaired) electrons. The third-order valence-corrected chi connectivity index (χ3v) is 5.47. The van der Waals surface area contributed by atoms with Crippen molar-refractivity contribution in [3.8, 4) is 5.75 Å². The predicted octanol–water partition coefficient (Wildman–Crippen LogP) is 4.30. The standard InChI is InChI=1S/C21H16Br2N2O3/c22-17-12-18(23)19(26)11-14(17)13-24-25-20(27)21(28,15-7-3-1-4-8-15)16-9-5-2-6-10-16/h1-13,26,28H,(H,25,27)/b24-13-. The molecular formula is C21H16Br2N2O3. The first-order chi connectivity index (χ1) is 13.4. The van der Waals surface area contributed by atoms with Crippen molar-refractivity contribution in [3.05, 3.63) is 98.4 Å². The molecule has 0 saturated heterocycles. The number of amides is 1. The quantitative estimate of drug-likeness (QED) is 0.358. The minimum absolute atomic E-state index is 0.0426. The third-order valence-electron chi connectivity index (χ3n) is 4.15. The zero-order valence-electron chi connectivity index (χ0n) is 14.5. The van der Waals surface area contributed by atoms with Crippen LogP contribution in [0.25, 0.3) is 0 Å². The minimum atomic E-state index is -1.90. The van der Waals surface area contributed by atoms with Crippen molar-refractivity contribution < 1.29 is 15.0 Å². The van der Waals surface area contributed by atoms with Crippen LogP contribution >= 0.6 is 31.9 Å². The van der Waals surface area contributed by atoms with E-state index >= 15 is 0 Å². The summed E-state index contributed by atoms with van der Waals surface area (Å²) in [5, 5.41) is 25.1. The Labute approximate surface area is 179 Å². The molecule has 0 atom stereocenters. The van der Waals surface area contributed by atoms with Gasteiger partial charge in [0.15, 0.2) is 5.60 Å². The highest BCUT2D eigenvalue weighted by molar-refractivity contribution is 9.11. The van der Waals surface area contributed by atoms with Crippen LogP contribution < -0.4 is 5.43 Å². The number of aromatic hydroxyl groups is 1. The molecule has 0 aromatic heterocycles. The van der Waals surface area contributed by atoms with Gasteiger partial charge in [-0.15, -0.1) is 0 Å². The molecule has 3 aromatic rings. The molecule has 1 amide bonds. The van der Waals surface area contributed by atoms with Gasteiger partial charge in [0.1, 0.15) is 5.75 Å². The van der Waals surface area contributed by atoms with Crippen molar-refractivity contribution in [1.82, 2.24) is 5.43 Å². The number of nitrogens with one attached hydrogen (secondary N) is 1. The number of carbonyl (C=O) groups is 1. The van der Waals surface area contributed by atoms with Crippen LogP contribution in [0.2, 0.25) is 0 Å². The van der Waals surface area contributed by atoms with Gasteiger partial charge in [0.25, 0.3) is 5.91 Å². The van der Waals surface area contributed by atoms with E-state index in [2.05, 4.69) is 42.4 Å². The van der Waals surface area contributed by atoms with Gasteiger partial charge in [0, 0.05) is 10.0 Å². The molecule has 0 heterocycles. The molecule has 0 saturated carbocycles. The summed E-state index contributed by atoms with van der Waals surface area (Å²) in [5.41, 5.74) is 1.91. The van der Waals surface area contributed by atoms with Gasteiger partial charge in [-0.2, -0.15) is 5.10 Å². The fourth-order valence-corrected chi connectivity index (χ4v) is 3.78. The highest BCUT2D eigenvalue weighted by atomic mass is 79.9. The lowest BCUT2D eigenvalue weighted by Crippen LogP contribution is -2.43. The summed E-state index contributed by atoms with van der Waals surface area (Å²) >= 11 is 6.59. The Balaban J connectivity index is 1.90. The number of phenols is 1. The maximum atomic E-state index is 12.9. The molecule has 28 heavy (non-hydrogen) atoms.